The molecule has 0 fully saturated rings. The Morgan fingerprint density at radius 1 is 1.20 bits per heavy atom. The minimum absolute atomic E-state index is 0.0447. The highest BCUT2D eigenvalue weighted by Crippen LogP contribution is 2.31. The summed E-state index contributed by atoms with van der Waals surface area (Å²) in [4.78, 5) is 12.1. The van der Waals surface area contributed by atoms with Gasteiger partial charge in [-0.05, 0) is 63.7 Å². The zero-order valence-corrected chi connectivity index (χ0v) is 16.5. The van der Waals surface area contributed by atoms with Gasteiger partial charge in [-0.15, -0.1) is 0 Å². The average Bonchev–Trinajstić information content (AvgIpc) is 2.53. The van der Waals surface area contributed by atoms with E-state index in [-0.39, 0.29) is 29.8 Å². The lowest BCUT2D eigenvalue weighted by molar-refractivity contribution is -0.123. The molecule has 2 aromatic rings. The molecule has 2 rings (SSSR count). The van der Waals surface area contributed by atoms with E-state index >= 15 is 0 Å². The summed E-state index contributed by atoms with van der Waals surface area (Å²) in [7, 11) is 0. The molecule has 2 aromatic carbocycles. The van der Waals surface area contributed by atoms with Crippen LogP contribution in [0.5, 0.6) is 5.75 Å². The number of nitrogens with one attached hydrogen (secondary N) is 1. The van der Waals surface area contributed by atoms with Crippen LogP contribution in [0.2, 0.25) is 0 Å². The van der Waals surface area contributed by atoms with Gasteiger partial charge in [0.2, 0.25) is 0 Å². The molecule has 0 spiro atoms. The molecular weight excluding hydrogens is 385 g/mol. The van der Waals surface area contributed by atoms with Crippen molar-refractivity contribution in [3.8, 4) is 5.75 Å². The maximum Gasteiger partial charge on any atom is 0.258 e. The molecule has 0 aliphatic rings. The highest BCUT2D eigenvalue weighted by atomic mass is 79.9. The number of rotatable bonds is 5. The van der Waals surface area contributed by atoms with Crippen LogP contribution in [0, 0.1) is 5.82 Å². The first-order valence-corrected chi connectivity index (χ1v) is 8.94. The Morgan fingerprint density at radius 3 is 2.40 bits per heavy atom. The van der Waals surface area contributed by atoms with Gasteiger partial charge < -0.3 is 10.1 Å². The molecule has 1 atom stereocenters. The second kappa shape index (κ2) is 8.00. The number of hydrogen-bond acceptors (Lipinski definition) is 2. The van der Waals surface area contributed by atoms with Gasteiger partial charge in [0.1, 0.15) is 11.6 Å². The van der Waals surface area contributed by atoms with E-state index in [1.807, 2.05) is 25.1 Å². The van der Waals surface area contributed by atoms with E-state index < -0.39 is 0 Å². The maximum absolute atomic E-state index is 12.9. The van der Waals surface area contributed by atoms with E-state index in [2.05, 4.69) is 42.0 Å². The fourth-order valence-corrected chi connectivity index (χ4v) is 2.84. The highest BCUT2D eigenvalue weighted by molar-refractivity contribution is 9.10. The van der Waals surface area contributed by atoms with E-state index in [4.69, 9.17) is 4.74 Å². The van der Waals surface area contributed by atoms with Gasteiger partial charge in [-0.25, -0.2) is 4.39 Å². The van der Waals surface area contributed by atoms with Crippen molar-refractivity contribution in [3.05, 3.63) is 63.9 Å². The lowest BCUT2D eigenvalue weighted by atomic mass is 9.87. The number of hydrogen-bond donors (Lipinski definition) is 1. The average molecular weight is 408 g/mol. The van der Waals surface area contributed by atoms with Gasteiger partial charge in [0.05, 0.1) is 10.5 Å². The van der Waals surface area contributed by atoms with Crippen LogP contribution in [0.15, 0.2) is 46.9 Å². The molecule has 0 unspecified atom stereocenters. The first-order chi connectivity index (χ1) is 11.7. The van der Waals surface area contributed by atoms with Crippen molar-refractivity contribution in [2.45, 2.75) is 39.2 Å². The molecule has 0 radical (unpaired) electrons. The quantitative estimate of drug-likeness (QED) is 0.744. The maximum atomic E-state index is 12.9. The minimum Gasteiger partial charge on any atom is -0.483 e. The standard InChI is InChI=1S/C20H23BrFNO2/c1-13(14-5-8-16(22)9-6-14)23-19(24)12-25-18-10-7-15(11-17(18)21)20(2,3)4/h5-11,13H,12H2,1-4H3,(H,23,24)/t13-/m1/s1. The number of carbonyl (C=O) groups excluding carboxylic acids is 1. The number of carbonyl (C=O) groups is 1. The van der Waals surface area contributed by atoms with Gasteiger partial charge in [0.25, 0.3) is 5.91 Å². The molecule has 134 valence electrons. The van der Waals surface area contributed by atoms with E-state index in [9.17, 15) is 9.18 Å². The van der Waals surface area contributed by atoms with Crippen molar-refractivity contribution < 1.29 is 13.9 Å². The molecule has 0 heterocycles. The summed E-state index contributed by atoms with van der Waals surface area (Å²) in [6.45, 7) is 8.18. The molecule has 0 aliphatic carbocycles. The van der Waals surface area contributed by atoms with Crippen LogP contribution >= 0.6 is 15.9 Å². The van der Waals surface area contributed by atoms with E-state index in [1.54, 1.807) is 12.1 Å². The predicted octanol–water partition coefficient (Wildman–Crippen LogP) is 5.14. The monoisotopic (exact) mass is 407 g/mol. The smallest absolute Gasteiger partial charge is 0.258 e. The summed E-state index contributed by atoms with van der Waals surface area (Å²) < 4.78 is 19.4. The lowest BCUT2D eigenvalue weighted by Gasteiger charge is -2.20. The fraction of sp³-hybridized carbons (Fsp3) is 0.350. The van der Waals surface area contributed by atoms with Crippen LogP contribution in [-0.4, -0.2) is 12.5 Å². The van der Waals surface area contributed by atoms with Gasteiger partial charge >= 0.3 is 0 Å². The summed E-state index contributed by atoms with van der Waals surface area (Å²) in [5.41, 5.74) is 2.06. The van der Waals surface area contributed by atoms with Gasteiger partial charge in [-0.3, -0.25) is 4.79 Å². The van der Waals surface area contributed by atoms with Gasteiger partial charge in [-0.1, -0.05) is 39.0 Å². The largest absolute Gasteiger partial charge is 0.483 e. The van der Waals surface area contributed by atoms with Gasteiger partial charge in [0.15, 0.2) is 6.61 Å². The van der Waals surface area contributed by atoms with Gasteiger partial charge in [-0.2, -0.15) is 0 Å². The zero-order chi connectivity index (χ0) is 18.6. The summed E-state index contributed by atoms with van der Waals surface area (Å²) in [5.74, 6) is 0.0929. The molecule has 0 aromatic heterocycles. The number of halogens is 2. The third kappa shape index (κ3) is 5.56. The number of ether oxygens (including phenoxy) is 1. The molecule has 0 saturated heterocycles. The highest BCUT2D eigenvalue weighted by Gasteiger charge is 2.16. The van der Waals surface area contributed by atoms with Crippen molar-refractivity contribution in [2.75, 3.05) is 6.61 Å². The molecule has 5 heteroatoms. The van der Waals surface area contributed by atoms with Crippen molar-refractivity contribution in [2.24, 2.45) is 0 Å². The third-order valence-corrected chi connectivity index (χ3v) is 4.52. The Morgan fingerprint density at radius 2 is 1.84 bits per heavy atom. The van der Waals surface area contributed by atoms with Crippen LogP contribution in [0.25, 0.3) is 0 Å². The van der Waals surface area contributed by atoms with E-state index in [0.29, 0.717) is 5.75 Å². The zero-order valence-electron chi connectivity index (χ0n) is 14.9. The Kier molecular flexibility index (Phi) is 6.22. The van der Waals surface area contributed by atoms with E-state index in [1.165, 1.54) is 17.7 Å². The molecule has 0 saturated carbocycles. The van der Waals surface area contributed by atoms with Crippen LogP contribution in [0.4, 0.5) is 4.39 Å². The lowest BCUT2D eigenvalue weighted by Crippen LogP contribution is -2.31. The summed E-state index contributed by atoms with van der Waals surface area (Å²) >= 11 is 3.49. The first kappa shape index (κ1) is 19.4. The number of amides is 1. The van der Waals surface area contributed by atoms with Crippen LogP contribution in [0.3, 0.4) is 0 Å². The Balaban J connectivity index is 1.92. The van der Waals surface area contributed by atoms with Gasteiger partial charge in [0, 0.05) is 0 Å². The molecule has 1 N–H and O–H groups in total. The fourth-order valence-electron chi connectivity index (χ4n) is 2.35. The second-order valence-electron chi connectivity index (χ2n) is 7.02. The first-order valence-electron chi connectivity index (χ1n) is 8.14. The van der Waals surface area contributed by atoms with E-state index in [0.717, 1.165) is 10.0 Å². The summed E-state index contributed by atoms with van der Waals surface area (Å²) in [6.07, 6.45) is 0. The molecule has 1 amide bonds. The molecule has 3 nitrogen and oxygen atoms in total. The molecule has 0 bridgehead atoms. The predicted molar refractivity (Wildman–Crippen MR) is 101 cm³/mol. The van der Waals surface area contributed by atoms with Crippen LogP contribution in [0.1, 0.15) is 44.9 Å². The van der Waals surface area contributed by atoms with Crippen molar-refractivity contribution in [1.82, 2.24) is 5.32 Å². The molecule has 25 heavy (non-hydrogen) atoms. The topological polar surface area (TPSA) is 38.3 Å². The normalized spacial score (nSPS) is 12.6. The Labute approximate surface area is 156 Å². The molecule has 0 aliphatic heterocycles. The van der Waals surface area contributed by atoms with Crippen molar-refractivity contribution in [1.29, 1.82) is 0 Å². The second-order valence-corrected chi connectivity index (χ2v) is 7.88. The van der Waals surface area contributed by atoms with Crippen molar-refractivity contribution >= 4 is 21.8 Å². The van der Waals surface area contributed by atoms with Crippen LogP contribution in [-0.2, 0) is 10.2 Å². The SMILES string of the molecule is C[C@@H](NC(=O)COc1ccc(C(C)(C)C)cc1Br)c1ccc(F)cc1. The summed E-state index contributed by atoms with van der Waals surface area (Å²) in [5, 5.41) is 2.84. The third-order valence-electron chi connectivity index (χ3n) is 3.90. The Hall–Kier alpha value is -1.88. The Bertz CT molecular complexity index is 738. The summed E-state index contributed by atoms with van der Waals surface area (Å²) in [6, 6.07) is 11.7. The van der Waals surface area contributed by atoms with Crippen LogP contribution < -0.4 is 10.1 Å². The molecular formula is C20H23BrFNO2. The number of benzene rings is 2. The van der Waals surface area contributed by atoms with Crippen molar-refractivity contribution in [3.63, 3.8) is 0 Å². The minimum atomic E-state index is -0.297.